The molecule has 7 heteroatoms. The highest BCUT2D eigenvalue weighted by Crippen LogP contribution is 2.41. The zero-order chi connectivity index (χ0) is 27.1. The van der Waals surface area contributed by atoms with E-state index in [2.05, 4.69) is 28.1 Å². The normalized spacial score (nSPS) is 15.0. The molecule has 6 rings (SSSR count). The fourth-order valence-electron chi connectivity index (χ4n) is 5.17. The zero-order valence-electron chi connectivity index (χ0n) is 20.9. The molecule has 0 saturated heterocycles. The molecule has 1 aliphatic rings. The van der Waals surface area contributed by atoms with E-state index in [-0.39, 0.29) is 11.9 Å². The van der Waals surface area contributed by atoms with Crippen molar-refractivity contribution in [1.29, 1.82) is 0 Å². The second-order valence-corrected chi connectivity index (χ2v) is 11.2. The minimum Gasteiger partial charge on any atom is -0.267 e. The average molecular weight is 615 g/mol. The lowest BCUT2D eigenvalue weighted by molar-refractivity contribution is 0.0711. The van der Waals surface area contributed by atoms with Gasteiger partial charge >= 0.3 is 0 Å². The molecule has 4 nitrogen and oxygen atoms in total. The number of fused-ring (bicyclic) bond motifs is 1. The van der Waals surface area contributed by atoms with Crippen molar-refractivity contribution in [3.63, 3.8) is 0 Å². The average Bonchev–Trinajstić information content (AvgIpc) is 3.38. The molecule has 2 heterocycles. The third-order valence-electron chi connectivity index (χ3n) is 6.96. The Bertz CT molecular complexity index is 1750. The molecule has 0 aliphatic carbocycles. The SMILES string of the molecule is Cc1nc2ccc(Cl)cc2c(-c2ccccc2)c1C1=NN(C(=O)c2ccccc2Cl)[C@@H](c2ccc(Br)cc2)C1. The molecule has 0 saturated carbocycles. The van der Waals surface area contributed by atoms with E-state index in [0.717, 1.165) is 49.0 Å². The number of rotatable bonds is 4. The maximum absolute atomic E-state index is 13.9. The molecule has 5 aromatic rings. The van der Waals surface area contributed by atoms with Crippen LogP contribution in [0.5, 0.6) is 0 Å². The molecule has 4 aromatic carbocycles. The van der Waals surface area contributed by atoms with Gasteiger partial charge in [-0.1, -0.05) is 93.7 Å². The number of pyridine rings is 1. The Morgan fingerprint density at radius 3 is 2.36 bits per heavy atom. The van der Waals surface area contributed by atoms with Crippen LogP contribution in [0, 0.1) is 6.92 Å². The van der Waals surface area contributed by atoms with Crippen molar-refractivity contribution in [2.75, 3.05) is 0 Å². The largest absolute Gasteiger partial charge is 0.276 e. The molecule has 1 aromatic heterocycles. The van der Waals surface area contributed by atoms with Crippen LogP contribution >= 0.6 is 39.1 Å². The van der Waals surface area contributed by atoms with Crippen molar-refractivity contribution in [2.24, 2.45) is 5.10 Å². The summed E-state index contributed by atoms with van der Waals surface area (Å²) in [5, 5.41) is 8.52. The van der Waals surface area contributed by atoms with Crippen LogP contribution in [-0.4, -0.2) is 21.6 Å². The van der Waals surface area contributed by atoms with Crippen LogP contribution in [0.1, 0.15) is 39.6 Å². The molecule has 1 amide bonds. The smallest absolute Gasteiger partial charge is 0.267 e. The number of aryl methyl sites for hydroxylation is 1. The van der Waals surface area contributed by atoms with E-state index in [4.69, 9.17) is 33.3 Å². The Labute approximate surface area is 245 Å². The number of aromatic nitrogens is 1. The lowest BCUT2D eigenvalue weighted by Gasteiger charge is -2.22. The number of halogens is 3. The predicted octanol–water partition coefficient (Wildman–Crippen LogP) is 9.27. The van der Waals surface area contributed by atoms with E-state index in [1.807, 2.05) is 79.7 Å². The van der Waals surface area contributed by atoms with Crippen molar-refractivity contribution in [3.8, 4) is 11.1 Å². The summed E-state index contributed by atoms with van der Waals surface area (Å²) in [7, 11) is 0. The van der Waals surface area contributed by atoms with Gasteiger partial charge in [0.25, 0.3) is 5.91 Å². The maximum Gasteiger partial charge on any atom is 0.276 e. The highest BCUT2D eigenvalue weighted by atomic mass is 79.9. The lowest BCUT2D eigenvalue weighted by atomic mass is 9.89. The molecule has 192 valence electrons. The van der Waals surface area contributed by atoms with Crippen LogP contribution in [0.15, 0.2) is 107 Å². The molecule has 0 N–H and O–H groups in total. The maximum atomic E-state index is 13.9. The van der Waals surface area contributed by atoms with Crippen LogP contribution in [0.3, 0.4) is 0 Å². The fourth-order valence-corrected chi connectivity index (χ4v) is 5.82. The van der Waals surface area contributed by atoms with Gasteiger partial charge in [-0.05, 0) is 60.5 Å². The van der Waals surface area contributed by atoms with Crippen LogP contribution in [0.4, 0.5) is 0 Å². The summed E-state index contributed by atoms with van der Waals surface area (Å²) in [6.45, 7) is 1.99. The number of hydrazone groups is 1. The Hall–Kier alpha value is -3.51. The van der Waals surface area contributed by atoms with Gasteiger partial charge in [-0.25, -0.2) is 5.01 Å². The number of carbonyl (C=O) groups excluding carboxylic acids is 1. The molecular formula is C32H22BrCl2N3O. The van der Waals surface area contributed by atoms with Crippen LogP contribution in [-0.2, 0) is 0 Å². The predicted molar refractivity (Wildman–Crippen MR) is 163 cm³/mol. The van der Waals surface area contributed by atoms with Crippen molar-refractivity contribution >= 4 is 61.7 Å². The summed E-state index contributed by atoms with van der Waals surface area (Å²) in [5.41, 5.74) is 6.81. The molecular weight excluding hydrogens is 593 g/mol. The summed E-state index contributed by atoms with van der Waals surface area (Å²) < 4.78 is 0.965. The van der Waals surface area contributed by atoms with Crippen molar-refractivity contribution in [2.45, 2.75) is 19.4 Å². The number of carbonyl (C=O) groups is 1. The Morgan fingerprint density at radius 1 is 0.897 bits per heavy atom. The van der Waals surface area contributed by atoms with Gasteiger partial charge in [0.2, 0.25) is 0 Å². The first-order valence-corrected chi connectivity index (χ1v) is 14.0. The van der Waals surface area contributed by atoms with Crippen LogP contribution in [0.2, 0.25) is 10.0 Å². The fraction of sp³-hybridized carbons (Fsp3) is 0.0938. The number of hydrogen-bond donors (Lipinski definition) is 0. The van der Waals surface area contributed by atoms with Gasteiger partial charge in [-0.15, -0.1) is 0 Å². The van der Waals surface area contributed by atoms with Gasteiger partial charge in [0.15, 0.2) is 0 Å². The minimum atomic E-state index is -0.310. The van der Waals surface area contributed by atoms with E-state index in [1.165, 1.54) is 0 Å². The Kier molecular flexibility index (Phi) is 6.98. The minimum absolute atomic E-state index is 0.251. The monoisotopic (exact) mass is 613 g/mol. The molecule has 0 unspecified atom stereocenters. The summed E-state index contributed by atoms with van der Waals surface area (Å²) in [4.78, 5) is 18.8. The second kappa shape index (κ2) is 10.6. The standard InChI is InChI=1S/C32H22BrCl2N3O/c1-19-30(31(21-7-3-2-4-8-21)25-17-23(34)15-16-27(25)36-19)28-18-29(20-11-13-22(33)14-12-20)38(37-28)32(39)24-9-5-6-10-26(24)35/h2-17,29H,18H2,1H3/t29-/m1/s1. The van der Waals surface area contributed by atoms with E-state index in [9.17, 15) is 4.79 Å². The van der Waals surface area contributed by atoms with Gasteiger partial charge in [-0.3, -0.25) is 9.78 Å². The zero-order valence-corrected chi connectivity index (χ0v) is 24.0. The molecule has 1 aliphatic heterocycles. The van der Waals surface area contributed by atoms with Crippen LogP contribution in [0.25, 0.3) is 22.0 Å². The number of hydrogen-bond acceptors (Lipinski definition) is 3. The van der Waals surface area contributed by atoms with Gasteiger partial charge in [-0.2, -0.15) is 5.10 Å². The van der Waals surface area contributed by atoms with Gasteiger partial charge < -0.3 is 0 Å². The Morgan fingerprint density at radius 2 is 1.62 bits per heavy atom. The van der Waals surface area contributed by atoms with Crippen molar-refractivity contribution in [3.05, 3.63) is 134 Å². The number of benzene rings is 4. The number of amides is 1. The second-order valence-electron chi connectivity index (χ2n) is 9.42. The van der Waals surface area contributed by atoms with Gasteiger partial charge in [0, 0.05) is 38.1 Å². The van der Waals surface area contributed by atoms with Crippen LogP contribution < -0.4 is 0 Å². The molecule has 0 radical (unpaired) electrons. The van der Waals surface area contributed by atoms with Gasteiger partial charge in [0.05, 0.1) is 27.9 Å². The highest BCUT2D eigenvalue weighted by molar-refractivity contribution is 9.10. The van der Waals surface area contributed by atoms with E-state index < -0.39 is 0 Å². The quantitative estimate of drug-likeness (QED) is 0.202. The summed E-state index contributed by atoms with van der Waals surface area (Å²) in [5.74, 6) is -0.251. The molecule has 0 spiro atoms. The summed E-state index contributed by atoms with van der Waals surface area (Å²) in [6, 6.07) is 30.7. The first kappa shape index (κ1) is 25.8. The summed E-state index contributed by atoms with van der Waals surface area (Å²) >= 11 is 16.4. The van der Waals surface area contributed by atoms with E-state index in [1.54, 1.807) is 17.1 Å². The Balaban J connectivity index is 1.57. The van der Waals surface area contributed by atoms with Crippen molar-refractivity contribution in [1.82, 2.24) is 9.99 Å². The van der Waals surface area contributed by atoms with E-state index >= 15 is 0 Å². The lowest BCUT2D eigenvalue weighted by Crippen LogP contribution is -2.27. The van der Waals surface area contributed by atoms with Crippen molar-refractivity contribution < 1.29 is 4.79 Å². The van der Waals surface area contributed by atoms with Gasteiger partial charge in [0.1, 0.15) is 0 Å². The summed E-state index contributed by atoms with van der Waals surface area (Å²) in [6.07, 6.45) is 0.520. The topological polar surface area (TPSA) is 45.6 Å². The van der Waals surface area contributed by atoms with E-state index in [0.29, 0.717) is 22.0 Å². The highest BCUT2D eigenvalue weighted by Gasteiger charge is 2.36. The third-order valence-corrected chi connectivity index (χ3v) is 8.05. The molecule has 39 heavy (non-hydrogen) atoms. The first-order valence-electron chi connectivity index (χ1n) is 12.5. The third kappa shape index (κ3) is 4.87. The number of nitrogens with zero attached hydrogens (tertiary/aromatic N) is 3. The first-order chi connectivity index (χ1) is 18.9. The molecule has 1 atom stereocenters. The molecule has 0 bridgehead atoms. The molecule has 0 fully saturated rings.